The van der Waals surface area contributed by atoms with E-state index >= 15 is 0 Å². The second kappa shape index (κ2) is 9.89. The Balaban J connectivity index is 2.09. The summed E-state index contributed by atoms with van der Waals surface area (Å²) in [6.07, 6.45) is 2.06. The zero-order valence-corrected chi connectivity index (χ0v) is 14.7. The Morgan fingerprint density at radius 1 is 0.958 bits per heavy atom. The third-order valence-electron chi connectivity index (χ3n) is 4.02. The molecule has 1 atom stereocenters. The highest BCUT2D eigenvalue weighted by molar-refractivity contribution is 5.73. The fourth-order valence-electron chi connectivity index (χ4n) is 3.02. The molecule has 0 aliphatic heterocycles. The second-order valence-electron chi connectivity index (χ2n) is 6.33. The van der Waals surface area contributed by atoms with Gasteiger partial charge in [0.1, 0.15) is 0 Å². The van der Waals surface area contributed by atoms with Gasteiger partial charge in [0.25, 0.3) is 0 Å². The van der Waals surface area contributed by atoms with Crippen LogP contribution in [0.4, 0.5) is 0 Å². The van der Waals surface area contributed by atoms with E-state index in [0.29, 0.717) is 0 Å². The van der Waals surface area contributed by atoms with Crippen molar-refractivity contribution in [3.8, 4) is 0 Å². The summed E-state index contributed by atoms with van der Waals surface area (Å²) < 4.78 is 0. The van der Waals surface area contributed by atoms with Crippen molar-refractivity contribution < 1.29 is 4.79 Å². The minimum Gasteiger partial charge on any atom is -0.352 e. The zero-order valence-electron chi connectivity index (χ0n) is 14.7. The Morgan fingerprint density at radius 3 is 1.88 bits per heavy atom. The summed E-state index contributed by atoms with van der Waals surface area (Å²) in [6, 6.07) is 21.2. The molecule has 0 spiro atoms. The highest BCUT2D eigenvalue weighted by Gasteiger charge is 2.15. The highest BCUT2D eigenvalue weighted by Crippen LogP contribution is 2.12. The number of nitrogens with one attached hydrogen (secondary N) is 1. The third kappa shape index (κ3) is 6.55. The van der Waals surface area contributed by atoms with Crippen molar-refractivity contribution in [1.29, 1.82) is 0 Å². The quantitative estimate of drug-likeness (QED) is 0.756. The largest absolute Gasteiger partial charge is 0.352 e. The summed E-state index contributed by atoms with van der Waals surface area (Å²) >= 11 is 0. The predicted molar refractivity (Wildman–Crippen MR) is 99.5 cm³/mol. The fourth-order valence-corrected chi connectivity index (χ4v) is 3.02. The molecule has 0 heterocycles. The van der Waals surface area contributed by atoms with Gasteiger partial charge in [0.15, 0.2) is 0 Å². The lowest BCUT2D eigenvalue weighted by molar-refractivity contribution is -0.119. The molecule has 0 aliphatic rings. The van der Waals surface area contributed by atoms with E-state index in [1.807, 2.05) is 12.1 Å². The van der Waals surface area contributed by atoms with Gasteiger partial charge in [-0.3, -0.25) is 9.69 Å². The van der Waals surface area contributed by atoms with Gasteiger partial charge in [-0.25, -0.2) is 0 Å². The van der Waals surface area contributed by atoms with Gasteiger partial charge >= 0.3 is 0 Å². The van der Waals surface area contributed by atoms with Crippen LogP contribution in [0, 0.1) is 0 Å². The molecule has 1 amide bonds. The van der Waals surface area contributed by atoms with E-state index in [-0.39, 0.29) is 11.9 Å². The first-order valence-corrected chi connectivity index (χ1v) is 8.74. The number of carbonyl (C=O) groups is 1. The van der Waals surface area contributed by atoms with E-state index in [1.54, 1.807) is 6.92 Å². The van der Waals surface area contributed by atoms with Crippen molar-refractivity contribution in [2.45, 2.75) is 45.8 Å². The normalized spacial score (nSPS) is 12.1. The monoisotopic (exact) mass is 324 g/mol. The van der Waals surface area contributed by atoms with Gasteiger partial charge in [0, 0.05) is 32.6 Å². The molecule has 0 unspecified atom stereocenters. The summed E-state index contributed by atoms with van der Waals surface area (Å²) in [4.78, 5) is 13.9. The van der Waals surface area contributed by atoms with Crippen LogP contribution in [-0.2, 0) is 17.9 Å². The predicted octanol–water partition coefficient (Wildman–Crippen LogP) is 3.99. The fraction of sp³-hybridized carbons (Fsp3) is 0.381. The van der Waals surface area contributed by atoms with Crippen molar-refractivity contribution >= 4 is 5.91 Å². The molecule has 0 radical (unpaired) electrons. The van der Waals surface area contributed by atoms with Crippen LogP contribution in [0.5, 0.6) is 0 Å². The first-order valence-electron chi connectivity index (χ1n) is 8.74. The lowest BCUT2D eigenvalue weighted by atomic mass is 10.1. The lowest BCUT2D eigenvalue weighted by Crippen LogP contribution is -2.42. The first kappa shape index (κ1) is 18.2. The van der Waals surface area contributed by atoms with E-state index in [2.05, 4.69) is 65.7 Å². The number of rotatable bonds is 9. The van der Waals surface area contributed by atoms with Crippen molar-refractivity contribution in [1.82, 2.24) is 10.2 Å². The van der Waals surface area contributed by atoms with E-state index in [9.17, 15) is 4.79 Å². The minimum atomic E-state index is 0.0489. The summed E-state index contributed by atoms with van der Waals surface area (Å²) in [6.45, 7) is 6.39. The number of amides is 1. The Labute approximate surface area is 145 Å². The SMILES string of the molecule is CCC[C@H](CN(Cc1ccccc1)Cc1ccccc1)NC(C)=O. The average molecular weight is 324 g/mol. The molecule has 0 saturated carbocycles. The van der Waals surface area contributed by atoms with Gasteiger partial charge in [-0.2, -0.15) is 0 Å². The highest BCUT2D eigenvalue weighted by atomic mass is 16.1. The van der Waals surface area contributed by atoms with E-state index in [4.69, 9.17) is 0 Å². The Bertz CT molecular complexity index is 556. The molecule has 24 heavy (non-hydrogen) atoms. The summed E-state index contributed by atoms with van der Waals surface area (Å²) in [5.74, 6) is 0.0489. The number of benzene rings is 2. The van der Waals surface area contributed by atoms with Crippen LogP contribution in [0.1, 0.15) is 37.8 Å². The molecular weight excluding hydrogens is 296 g/mol. The molecule has 1 N–H and O–H groups in total. The van der Waals surface area contributed by atoms with Crippen LogP contribution in [0.2, 0.25) is 0 Å². The molecule has 0 aliphatic carbocycles. The topological polar surface area (TPSA) is 32.3 Å². The summed E-state index contributed by atoms with van der Waals surface area (Å²) in [5.41, 5.74) is 2.60. The van der Waals surface area contributed by atoms with Crippen LogP contribution in [0.15, 0.2) is 60.7 Å². The molecule has 0 saturated heterocycles. The molecule has 128 valence electrons. The van der Waals surface area contributed by atoms with Crippen LogP contribution in [0.25, 0.3) is 0 Å². The molecule has 3 nitrogen and oxygen atoms in total. The van der Waals surface area contributed by atoms with Crippen LogP contribution < -0.4 is 5.32 Å². The van der Waals surface area contributed by atoms with Crippen molar-refractivity contribution in [3.63, 3.8) is 0 Å². The lowest BCUT2D eigenvalue weighted by Gasteiger charge is -2.28. The Morgan fingerprint density at radius 2 is 1.46 bits per heavy atom. The van der Waals surface area contributed by atoms with Gasteiger partial charge in [0.05, 0.1) is 0 Å². The standard InChI is InChI=1S/C21H28N2O/c1-3-10-21(22-18(2)24)17-23(15-19-11-6-4-7-12-19)16-20-13-8-5-9-14-20/h4-9,11-14,21H,3,10,15-17H2,1-2H3,(H,22,24)/t21-/m1/s1. The molecule has 0 aromatic heterocycles. The summed E-state index contributed by atoms with van der Waals surface area (Å²) in [7, 11) is 0. The maximum absolute atomic E-state index is 11.5. The maximum Gasteiger partial charge on any atom is 0.217 e. The molecular formula is C21H28N2O. The third-order valence-corrected chi connectivity index (χ3v) is 4.02. The van der Waals surface area contributed by atoms with Crippen LogP contribution in [0.3, 0.4) is 0 Å². The molecule has 2 aromatic carbocycles. The van der Waals surface area contributed by atoms with E-state index in [0.717, 1.165) is 32.5 Å². The molecule has 2 rings (SSSR count). The van der Waals surface area contributed by atoms with Gasteiger partial charge in [-0.05, 0) is 17.5 Å². The minimum absolute atomic E-state index is 0.0489. The number of nitrogens with zero attached hydrogens (tertiary/aromatic N) is 1. The number of carbonyl (C=O) groups excluding carboxylic acids is 1. The van der Waals surface area contributed by atoms with Crippen molar-refractivity contribution in [3.05, 3.63) is 71.8 Å². The molecule has 3 heteroatoms. The molecule has 0 bridgehead atoms. The summed E-state index contributed by atoms with van der Waals surface area (Å²) in [5, 5.41) is 3.10. The second-order valence-corrected chi connectivity index (χ2v) is 6.33. The number of hydrogen-bond acceptors (Lipinski definition) is 2. The van der Waals surface area contributed by atoms with Crippen LogP contribution >= 0.6 is 0 Å². The smallest absolute Gasteiger partial charge is 0.217 e. The van der Waals surface area contributed by atoms with E-state index < -0.39 is 0 Å². The molecule has 0 fully saturated rings. The van der Waals surface area contributed by atoms with Crippen LogP contribution in [-0.4, -0.2) is 23.4 Å². The first-order chi connectivity index (χ1) is 11.7. The van der Waals surface area contributed by atoms with Gasteiger partial charge in [-0.15, -0.1) is 0 Å². The zero-order chi connectivity index (χ0) is 17.2. The van der Waals surface area contributed by atoms with Crippen molar-refractivity contribution in [2.24, 2.45) is 0 Å². The van der Waals surface area contributed by atoms with Gasteiger partial charge in [0.2, 0.25) is 5.91 Å². The van der Waals surface area contributed by atoms with Gasteiger partial charge in [-0.1, -0.05) is 74.0 Å². The van der Waals surface area contributed by atoms with Gasteiger partial charge < -0.3 is 5.32 Å². The Kier molecular flexibility index (Phi) is 7.50. The average Bonchev–Trinajstić information content (AvgIpc) is 2.56. The van der Waals surface area contributed by atoms with Crippen molar-refractivity contribution in [2.75, 3.05) is 6.54 Å². The Hall–Kier alpha value is -2.13. The molecule has 2 aromatic rings. The maximum atomic E-state index is 11.5. The van der Waals surface area contributed by atoms with E-state index in [1.165, 1.54) is 11.1 Å². The number of hydrogen-bond donors (Lipinski definition) is 1.